The molecule has 3 aromatic rings. The van der Waals surface area contributed by atoms with Gasteiger partial charge in [-0.15, -0.1) is 0 Å². The molecule has 4 nitrogen and oxygen atoms in total. The second kappa shape index (κ2) is 11.0. The van der Waals surface area contributed by atoms with Crippen LogP contribution < -0.4 is 5.32 Å². The lowest BCUT2D eigenvalue weighted by molar-refractivity contribution is 0.0954. The van der Waals surface area contributed by atoms with Gasteiger partial charge in [0.15, 0.2) is 0 Å². The summed E-state index contributed by atoms with van der Waals surface area (Å²) < 4.78 is 0. The van der Waals surface area contributed by atoms with Crippen molar-refractivity contribution in [1.29, 1.82) is 0 Å². The molecule has 0 spiro atoms. The first-order valence-electron chi connectivity index (χ1n) is 11.7. The Morgan fingerprint density at radius 2 is 1.45 bits per heavy atom. The van der Waals surface area contributed by atoms with Crippen LogP contribution in [-0.2, 0) is 6.42 Å². The molecule has 3 aromatic carbocycles. The van der Waals surface area contributed by atoms with Gasteiger partial charge in [-0.2, -0.15) is 0 Å². The second-order valence-corrected chi connectivity index (χ2v) is 9.28. The van der Waals surface area contributed by atoms with Gasteiger partial charge in [0.25, 0.3) is 5.91 Å². The van der Waals surface area contributed by atoms with E-state index < -0.39 is 0 Å². The maximum Gasteiger partial charge on any atom is 0.251 e. The van der Waals surface area contributed by atoms with Crippen molar-refractivity contribution in [2.75, 3.05) is 39.8 Å². The highest BCUT2D eigenvalue weighted by Gasteiger charge is 2.20. The molecule has 1 N–H and O–H groups in total. The van der Waals surface area contributed by atoms with E-state index in [0.717, 1.165) is 43.7 Å². The summed E-state index contributed by atoms with van der Waals surface area (Å²) in [6.07, 6.45) is 0.817. The third-order valence-corrected chi connectivity index (χ3v) is 6.82. The van der Waals surface area contributed by atoms with Crippen LogP contribution in [0.1, 0.15) is 34.5 Å². The molecule has 0 aromatic heterocycles. The van der Waals surface area contributed by atoms with Crippen LogP contribution in [0.25, 0.3) is 11.1 Å². The lowest BCUT2D eigenvalue weighted by atomic mass is 10.0. The van der Waals surface area contributed by atoms with Crippen LogP contribution in [0, 0.1) is 0 Å². The second-order valence-electron chi connectivity index (χ2n) is 8.85. The highest BCUT2D eigenvalue weighted by Crippen LogP contribution is 2.23. The molecule has 5 heteroatoms. The summed E-state index contributed by atoms with van der Waals surface area (Å²) >= 11 is 5.96. The molecule has 0 aliphatic carbocycles. The van der Waals surface area contributed by atoms with Crippen molar-refractivity contribution in [3.63, 3.8) is 0 Å². The zero-order chi connectivity index (χ0) is 23.2. The van der Waals surface area contributed by atoms with Gasteiger partial charge >= 0.3 is 0 Å². The third-order valence-electron chi connectivity index (χ3n) is 6.57. The number of likely N-dealkylation sites (N-methyl/N-ethyl adjacent to an activating group) is 1. The Hall–Kier alpha value is -2.66. The molecule has 1 atom stereocenters. The first-order valence-corrected chi connectivity index (χ1v) is 12.0. The minimum atomic E-state index is -0.0436. The van der Waals surface area contributed by atoms with E-state index in [2.05, 4.69) is 53.4 Å². The predicted molar refractivity (Wildman–Crippen MR) is 137 cm³/mol. The van der Waals surface area contributed by atoms with Crippen LogP contribution in [-0.4, -0.2) is 55.5 Å². The van der Waals surface area contributed by atoms with E-state index in [0.29, 0.717) is 23.2 Å². The Balaban J connectivity index is 1.26. The quantitative estimate of drug-likeness (QED) is 0.519. The molecule has 1 fully saturated rings. The van der Waals surface area contributed by atoms with Crippen molar-refractivity contribution in [3.05, 3.63) is 94.5 Å². The lowest BCUT2D eigenvalue weighted by Gasteiger charge is -2.36. The number of carbonyl (C=O) groups is 1. The zero-order valence-electron chi connectivity index (χ0n) is 19.4. The van der Waals surface area contributed by atoms with E-state index in [1.54, 1.807) is 0 Å². The zero-order valence-corrected chi connectivity index (χ0v) is 20.2. The number of amides is 1. The molecule has 1 unspecified atom stereocenters. The van der Waals surface area contributed by atoms with E-state index in [1.165, 1.54) is 11.1 Å². The van der Waals surface area contributed by atoms with E-state index in [1.807, 2.05) is 48.5 Å². The van der Waals surface area contributed by atoms with Crippen LogP contribution in [0.5, 0.6) is 0 Å². The molecule has 172 valence electrons. The first kappa shape index (κ1) is 23.5. The fraction of sp³-hybridized carbons (Fsp3) is 0.321. The Morgan fingerprint density at radius 3 is 2.06 bits per heavy atom. The van der Waals surface area contributed by atoms with Gasteiger partial charge in [0, 0.05) is 49.4 Å². The summed E-state index contributed by atoms with van der Waals surface area (Å²) in [6, 6.07) is 24.7. The predicted octanol–water partition coefficient (Wildman–Crippen LogP) is 5.29. The molecule has 0 saturated carbocycles. The SMILES string of the molecule is CC(c1ccc(CCNC(=O)c2ccc(-c3ccc(Cl)cc3)cc2)cc1)N1CCN(C)CC1. The molecular formula is C28H32ClN3O. The van der Waals surface area contributed by atoms with Gasteiger partial charge in [-0.25, -0.2) is 0 Å². The number of nitrogens with one attached hydrogen (secondary N) is 1. The number of hydrogen-bond donors (Lipinski definition) is 1. The van der Waals surface area contributed by atoms with Gasteiger partial charge in [0.1, 0.15) is 0 Å². The average molecular weight is 462 g/mol. The molecule has 0 radical (unpaired) electrons. The van der Waals surface area contributed by atoms with E-state index in [9.17, 15) is 4.79 Å². The summed E-state index contributed by atoms with van der Waals surface area (Å²) in [7, 11) is 2.19. The highest BCUT2D eigenvalue weighted by atomic mass is 35.5. The first-order chi connectivity index (χ1) is 16.0. The molecule has 1 saturated heterocycles. The number of halogens is 1. The van der Waals surface area contributed by atoms with E-state index in [4.69, 9.17) is 11.6 Å². The Morgan fingerprint density at radius 1 is 0.879 bits per heavy atom. The van der Waals surface area contributed by atoms with Crippen molar-refractivity contribution in [1.82, 2.24) is 15.1 Å². The van der Waals surface area contributed by atoms with Crippen LogP contribution >= 0.6 is 11.6 Å². The summed E-state index contributed by atoms with van der Waals surface area (Å²) in [6.45, 7) is 7.40. The van der Waals surface area contributed by atoms with Crippen molar-refractivity contribution >= 4 is 17.5 Å². The normalized spacial score (nSPS) is 15.8. The Labute approximate surface area is 202 Å². The number of piperazine rings is 1. The summed E-state index contributed by atoms with van der Waals surface area (Å²) in [4.78, 5) is 17.5. The van der Waals surface area contributed by atoms with Crippen LogP contribution in [0.4, 0.5) is 0 Å². The number of rotatable bonds is 7. The van der Waals surface area contributed by atoms with E-state index in [-0.39, 0.29) is 5.91 Å². The maximum absolute atomic E-state index is 12.5. The third kappa shape index (κ3) is 6.23. The molecule has 33 heavy (non-hydrogen) atoms. The fourth-order valence-electron chi connectivity index (χ4n) is 4.26. The molecule has 1 aliphatic heterocycles. The number of carbonyl (C=O) groups excluding carboxylic acids is 1. The maximum atomic E-state index is 12.5. The highest BCUT2D eigenvalue weighted by molar-refractivity contribution is 6.30. The van der Waals surface area contributed by atoms with Crippen LogP contribution in [0.2, 0.25) is 5.02 Å². The molecule has 1 aliphatic rings. The van der Waals surface area contributed by atoms with Crippen molar-refractivity contribution in [2.45, 2.75) is 19.4 Å². The molecule has 0 bridgehead atoms. The lowest BCUT2D eigenvalue weighted by Crippen LogP contribution is -2.45. The van der Waals surface area contributed by atoms with Gasteiger partial charge in [-0.3, -0.25) is 9.69 Å². The largest absolute Gasteiger partial charge is 0.352 e. The molecule has 1 amide bonds. The molecule has 1 heterocycles. The molecular weight excluding hydrogens is 430 g/mol. The van der Waals surface area contributed by atoms with Crippen LogP contribution in [0.15, 0.2) is 72.8 Å². The number of nitrogens with zero attached hydrogens (tertiary/aromatic N) is 2. The van der Waals surface area contributed by atoms with Crippen LogP contribution in [0.3, 0.4) is 0 Å². The van der Waals surface area contributed by atoms with Gasteiger partial charge in [-0.05, 0) is 66.9 Å². The summed E-state index contributed by atoms with van der Waals surface area (Å²) in [5.74, 6) is -0.0436. The van der Waals surface area contributed by atoms with Gasteiger partial charge in [0.2, 0.25) is 0 Å². The standard InChI is InChI=1S/C28H32ClN3O/c1-21(32-19-17-31(2)18-20-32)23-5-3-22(4-6-23)15-16-30-28(33)26-9-7-24(8-10-26)25-11-13-27(29)14-12-25/h3-14,21H,15-20H2,1-2H3,(H,30,33). The molecule has 4 rings (SSSR count). The Kier molecular flexibility index (Phi) is 7.81. The Bertz CT molecular complexity index is 1040. The average Bonchev–Trinajstić information content (AvgIpc) is 2.85. The summed E-state index contributed by atoms with van der Waals surface area (Å²) in [5, 5.41) is 3.75. The van der Waals surface area contributed by atoms with Gasteiger partial charge in [0.05, 0.1) is 0 Å². The van der Waals surface area contributed by atoms with Gasteiger partial charge in [-0.1, -0.05) is 60.1 Å². The van der Waals surface area contributed by atoms with Crippen molar-refractivity contribution in [3.8, 4) is 11.1 Å². The number of hydrogen-bond acceptors (Lipinski definition) is 3. The van der Waals surface area contributed by atoms with E-state index >= 15 is 0 Å². The number of benzene rings is 3. The monoisotopic (exact) mass is 461 g/mol. The smallest absolute Gasteiger partial charge is 0.251 e. The topological polar surface area (TPSA) is 35.6 Å². The van der Waals surface area contributed by atoms with Crippen molar-refractivity contribution in [2.24, 2.45) is 0 Å². The van der Waals surface area contributed by atoms with Crippen molar-refractivity contribution < 1.29 is 4.79 Å². The minimum Gasteiger partial charge on any atom is -0.352 e. The fourth-order valence-corrected chi connectivity index (χ4v) is 4.39. The minimum absolute atomic E-state index is 0.0436. The van der Waals surface area contributed by atoms with Gasteiger partial charge < -0.3 is 10.2 Å². The summed E-state index contributed by atoms with van der Waals surface area (Å²) in [5.41, 5.74) is 5.41.